The van der Waals surface area contributed by atoms with E-state index in [1.165, 1.54) is 11.3 Å². The van der Waals surface area contributed by atoms with Crippen molar-refractivity contribution in [3.8, 4) is 5.75 Å². The second kappa shape index (κ2) is 5.44. The summed E-state index contributed by atoms with van der Waals surface area (Å²) in [6, 6.07) is 5.68. The van der Waals surface area contributed by atoms with Crippen molar-refractivity contribution in [2.45, 2.75) is 39.2 Å². The average molecular weight is 303 g/mol. The molecule has 2 unspecified atom stereocenters. The lowest BCUT2D eigenvalue weighted by Crippen LogP contribution is -2.14. The third kappa shape index (κ3) is 2.51. The first-order valence-electron chi connectivity index (χ1n) is 7.03. The Kier molecular flexibility index (Phi) is 3.63. The van der Waals surface area contributed by atoms with E-state index >= 15 is 0 Å². The van der Waals surface area contributed by atoms with Gasteiger partial charge in [0.15, 0.2) is 0 Å². The molecule has 1 amide bonds. The van der Waals surface area contributed by atoms with E-state index in [2.05, 4.69) is 22.4 Å². The van der Waals surface area contributed by atoms with Crippen molar-refractivity contribution in [2.75, 3.05) is 5.32 Å². The van der Waals surface area contributed by atoms with Crippen molar-refractivity contribution in [1.82, 2.24) is 10.2 Å². The van der Waals surface area contributed by atoms with Crippen LogP contribution in [0.15, 0.2) is 18.2 Å². The van der Waals surface area contributed by atoms with Gasteiger partial charge in [-0.05, 0) is 19.4 Å². The van der Waals surface area contributed by atoms with Gasteiger partial charge in [0.25, 0.3) is 5.91 Å². The minimum Gasteiger partial charge on any atom is -0.489 e. The monoisotopic (exact) mass is 303 g/mol. The predicted molar refractivity (Wildman–Crippen MR) is 82.2 cm³/mol. The summed E-state index contributed by atoms with van der Waals surface area (Å²) in [6.45, 7) is 6.13. The molecule has 0 spiro atoms. The Morgan fingerprint density at radius 3 is 2.90 bits per heavy atom. The molecule has 6 heteroatoms. The van der Waals surface area contributed by atoms with Crippen LogP contribution in [-0.2, 0) is 6.42 Å². The van der Waals surface area contributed by atoms with Gasteiger partial charge in [-0.2, -0.15) is 0 Å². The minimum atomic E-state index is -0.202. The fourth-order valence-corrected chi connectivity index (χ4v) is 3.05. The number of nitrogens with zero attached hydrogens (tertiary/aromatic N) is 2. The summed E-state index contributed by atoms with van der Waals surface area (Å²) in [5.74, 6) is 0.781. The molecule has 0 saturated heterocycles. The summed E-state index contributed by atoms with van der Waals surface area (Å²) in [7, 11) is 0. The van der Waals surface area contributed by atoms with Gasteiger partial charge >= 0.3 is 0 Å². The fourth-order valence-electron chi connectivity index (χ4n) is 2.38. The Balaban J connectivity index is 1.86. The summed E-state index contributed by atoms with van der Waals surface area (Å²) < 4.78 is 5.84. The van der Waals surface area contributed by atoms with Crippen molar-refractivity contribution in [3.05, 3.63) is 34.3 Å². The van der Waals surface area contributed by atoms with E-state index < -0.39 is 0 Å². The summed E-state index contributed by atoms with van der Waals surface area (Å²) in [4.78, 5) is 12.4. The molecule has 0 aliphatic carbocycles. The summed E-state index contributed by atoms with van der Waals surface area (Å²) in [5.41, 5.74) is 1.64. The normalized spacial score (nSPS) is 20.0. The molecule has 0 bridgehead atoms. The number of hydrogen-bond acceptors (Lipinski definition) is 5. The van der Waals surface area contributed by atoms with Gasteiger partial charge in [-0.15, -0.1) is 10.2 Å². The lowest BCUT2D eigenvalue weighted by Gasteiger charge is -2.08. The van der Waals surface area contributed by atoms with E-state index in [9.17, 15) is 4.79 Å². The summed E-state index contributed by atoms with van der Waals surface area (Å²) in [6.07, 6.45) is 0.897. The molecule has 0 saturated carbocycles. The fraction of sp³-hybridized carbons (Fsp3) is 0.400. The van der Waals surface area contributed by atoms with E-state index in [1.807, 2.05) is 26.0 Å². The molecule has 0 fully saturated rings. The van der Waals surface area contributed by atoms with Gasteiger partial charge < -0.3 is 4.74 Å². The Morgan fingerprint density at radius 2 is 2.19 bits per heavy atom. The molecule has 1 aromatic carbocycles. The van der Waals surface area contributed by atoms with E-state index in [0.717, 1.165) is 17.0 Å². The van der Waals surface area contributed by atoms with E-state index in [0.29, 0.717) is 22.4 Å². The highest BCUT2D eigenvalue weighted by atomic mass is 32.1. The van der Waals surface area contributed by atoms with Crippen molar-refractivity contribution < 1.29 is 9.53 Å². The second-order valence-corrected chi connectivity index (χ2v) is 6.21. The number of benzene rings is 1. The Hall–Kier alpha value is -1.95. The lowest BCUT2D eigenvalue weighted by atomic mass is 9.97. The smallest absolute Gasteiger partial charge is 0.261 e. The zero-order chi connectivity index (χ0) is 15.0. The zero-order valence-electron chi connectivity index (χ0n) is 12.2. The number of carbonyl (C=O) groups is 1. The van der Waals surface area contributed by atoms with E-state index in [1.54, 1.807) is 6.07 Å². The molecular weight excluding hydrogens is 286 g/mol. The van der Waals surface area contributed by atoms with Gasteiger partial charge in [-0.1, -0.05) is 37.3 Å². The van der Waals surface area contributed by atoms with Crippen LogP contribution in [0.2, 0.25) is 0 Å². The van der Waals surface area contributed by atoms with Crippen LogP contribution in [0, 0.1) is 0 Å². The van der Waals surface area contributed by atoms with Crippen LogP contribution in [0.4, 0.5) is 5.13 Å². The van der Waals surface area contributed by atoms with Crippen LogP contribution < -0.4 is 10.1 Å². The van der Waals surface area contributed by atoms with Crippen molar-refractivity contribution in [2.24, 2.45) is 0 Å². The molecule has 1 aliphatic rings. The number of para-hydroxylation sites is 1. The third-order valence-corrected chi connectivity index (χ3v) is 4.76. The van der Waals surface area contributed by atoms with Gasteiger partial charge in [0.2, 0.25) is 5.13 Å². The summed E-state index contributed by atoms with van der Waals surface area (Å²) in [5, 5.41) is 12.2. The molecular formula is C15H17N3O2S. The maximum Gasteiger partial charge on any atom is 0.261 e. The maximum atomic E-state index is 12.4. The largest absolute Gasteiger partial charge is 0.489 e. The van der Waals surface area contributed by atoms with Gasteiger partial charge in [0, 0.05) is 11.5 Å². The van der Waals surface area contributed by atoms with Crippen LogP contribution in [0.1, 0.15) is 47.6 Å². The van der Waals surface area contributed by atoms with E-state index in [-0.39, 0.29) is 12.0 Å². The number of aryl methyl sites for hydroxylation is 1. The average Bonchev–Trinajstić information content (AvgIpc) is 3.04. The minimum absolute atomic E-state index is 0.0853. The zero-order valence-corrected chi connectivity index (χ0v) is 13.0. The van der Waals surface area contributed by atoms with Crippen molar-refractivity contribution >= 4 is 22.4 Å². The molecule has 1 aliphatic heterocycles. The SMILES string of the molecule is CCc1nnc(NC(=O)c2cccc3c2OC(C)C3C)s1. The number of nitrogens with one attached hydrogen (secondary N) is 1. The molecule has 1 N–H and O–H groups in total. The Labute approximate surface area is 127 Å². The molecule has 2 heterocycles. The number of aromatic nitrogens is 2. The molecule has 2 aromatic rings. The second-order valence-electron chi connectivity index (χ2n) is 5.14. The Bertz CT molecular complexity index is 683. The first-order chi connectivity index (χ1) is 10.1. The number of anilines is 1. The quantitative estimate of drug-likeness (QED) is 0.945. The number of hydrogen-bond donors (Lipinski definition) is 1. The highest BCUT2D eigenvalue weighted by Crippen LogP contribution is 2.40. The molecule has 21 heavy (non-hydrogen) atoms. The van der Waals surface area contributed by atoms with Crippen LogP contribution in [0.3, 0.4) is 0 Å². The molecule has 0 radical (unpaired) electrons. The number of fused-ring (bicyclic) bond motifs is 1. The number of carbonyl (C=O) groups excluding carboxylic acids is 1. The van der Waals surface area contributed by atoms with Crippen LogP contribution in [0.5, 0.6) is 5.75 Å². The van der Waals surface area contributed by atoms with Crippen molar-refractivity contribution in [1.29, 1.82) is 0 Å². The number of rotatable bonds is 3. The highest BCUT2D eigenvalue weighted by molar-refractivity contribution is 7.15. The third-order valence-electron chi connectivity index (χ3n) is 3.78. The Morgan fingerprint density at radius 1 is 1.38 bits per heavy atom. The van der Waals surface area contributed by atoms with Gasteiger partial charge in [-0.25, -0.2) is 0 Å². The van der Waals surface area contributed by atoms with Crippen LogP contribution in [0.25, 0.3) is 0 Å². The standard InChI is InChI=1S/C15H17N3O2S/c1-4-12-17-18-15(21-12)16-14(19)11-7-5-6-10-8(2)9(3)20-13(10)11/h5-9H,4H2,1-3H3,(H,16,18,19). The number of ether oxygens (including phenoxy) is 1. The van der Waals surface area contributed by atoms with Crippen LogP contribution >= 0.6 is 11.3 Å². The first kappa shape index (κ1) is 14.0. The lowest BCUT2D eigenvalue weighted by molar-refractivity contribution is 0.102. The predicted octanol–water partition coefficient (Wildman–Crippen LogP) is 3.24. The topological polar surface area (TPSA) is 64.1 Å². The van der Waals surface area contributed by atoms with Gasteiger partial charge in [-0.3, -0.25) is 10.1 Å². The van der Waals surface area contributed by atoms with Gasteiger partial charge in [0.05, 0.1) is 5.56 Å². The molecule has 5 nitrogen and oxygen atoms in total. The summed E-state index contributed by atoms with van der Waals surface area (Å²) >= 11 is 1.40. The van der Waals surface area contributed by atoms with Crippen molar-refractivity contribution in [3.63, 3.8) is 0 Å². The molecule has 3 rings (SSSR count). The molecule has 2 atom stereocenters. The van der Waals surface area contributed by atoms with E-state index in [4.69, 9.17) is 4.74 Å². The maximum absolute atomic E-state index is 12.4. The first-order valence-corrected chi connectivity index (χ1v) is 7.85. The number of amides is 1. The highest BCUT2D eigenvalue weighted by Gasteiger charge is 2.31. The van der Waals surface area contributed by atoms with Crippen LogP contribution in [-0.4, -0.2) is 22.2 Å². The molecule has 110 valence electrons. The van der Waals surface area contributed by atoms with Gasteiger partial charge in [0.1, 0.15) is 16.9 Å². The molecule has 1 aromatic heterocycles.